The van der Waals surface area contributed by atoms with Gasteiger partial charge in [-0.1, -0.05) is 24.6 Å². The number of nitrogens with zero attached hydrogens (tertiary/aromatic N) is 3. The molecule has 0 bridgehead atoms. The van der Waals surface area contributed by atoms with E-state index in [1.54, 1.807) is 0 Å². The molecule has 1 amide bonds. The molecule has 0 aromatic heterocycles. The summed E-state index contributed by atoms with van der Waals surface area (Å²) in [5.74, 6) is 2.82. The zero-order chi connectivity index (χ0) is 15.9. The van der Waals surface area contributed by atoms with Crippen molar-refractivity contribution in [2.45, 2.75) is 56.0 Å². The highest BCUT2D eigenvalue weighted by Gasteiger charge is 2.48. The molecule has 0 N–H and O–H groups in total. The average Bonchev–Trinajstić information content (AvgIpc) is 3.22. The minimum absolute atomic E-state index is 0.193. The summed E-state index contributed by atoms with van der Waals surface area (Å²) in [4.78, 5) is 14.8. The van der Waals surface area contributed by atoms with Crippen molar-refractivity contribution in [3.8, 4) is 12.3 Å². The first-order chi connectivity index (χ1) is 11.2. The summed E-state index contributed by atoms with van der Waals surface area (Å²) in [6.07, 6.45) is 11.6. The van der Waals surface area contributed by atoms with Crippen LogP contribution >= 0.6 is 0 Å². The van der Waals surface area contributed by atoms with E-state index in [9.17, 15) is 4.79 Å². The normalized spacial score (nSPS) is 21.6. The van der Waals surface area contributed by atoms with Gasteiger partial charge in [0.1, 0.15) is 0 Å². The molecule has 0 unspecified atom stereocenters. The van der Waals surface area contributed by atoms with E-state index in [0.717, 1.165) is 18.7 Å². The van der Waals surface area contributed by atoms with Crippen LogP contribution in [0.1, 0.15) is 50.5 Å². The van der Waals surface area contributed by atoms with Gasteiger partial charge in [0.05, 0.1) is 0 Å². The van der Waals surface area contributed by atoms with Gasteiger partial charge in [0.25, 0.3) is 0 Å². The fourth-order valence-corrected chi connectivity index (χ4v) is 3.99. The van der Waals surface area contributed by atoms with Gasteiger partial charge in [-0.05, 0) is 24.5 Å². The SMILES string of the molecule is C#CCCC1(CCC(=O)N2CC3(CCC3)c3ccccc32)N=N1. The number of fused-ring (bicyclic) bond motifs is 2. The van der Waals surface area contributed by atoms with Crippen LogP contribution in [0.15, 0.2) is 34.5 Å². The molecule has 1 aromatic rings. The van der Waals surface area contributed by atoms with Crippen molar-refractivity contribution < 1.29 is 4.79 Å². The van der Waals surface area contributed by atoms with Crippen LogP contribution in [-0.4, -0.2) is 18.1 Å². The molecule has 4 rings (SSSR count). The smallest absolute Gasteiger partial charge is 0.227 e. The monoisotopic (exact) mass is 307 g/mol. The maximum absolute atomic E-state index is 12.8. The van der Waals surface area contributed by atoms with Crippen LogP contribution in [-0.2, 0) is 10.2 Å². The van der Waals surface area contributed by atoms with Crippen molar-refractivity contribution >= 4 is 11.6 Å². The fraction of sp³-hybridized carbons (Fsp3) is 0.526. The van der Waals surface area contributed by atoms with Crippen molar-refractivity contribution in [2.75, 3.05) is 11.4 Å². The Bertz CT molecular complexity index is 706. The van der Waals surface area contributed by atoms with Crippen molar-refractivity contribution in [1.29, 1.82) is 0 Å². The quantitative estimate of drug-likeness (QED) is 0.763. The molecule has 1 spiro atoms. The number of hydrogen-bond acceptors (Lipinski definition) is 3. The summed E-state index contributed by atoms with van der Waals surface area (Å²) in [5, 5.41) is 8.26. The van der Waals surface area contributed by atoms with Gasteiger partial charge in [0.2, 0.25) is 5.91 Å². The summed E-state index contributed by atoms with van der Waals surface area (Å²) in [5.41, 5.74) is 2.33. The molecule has 2 heterocycles. The number of para-hydroxylation sites is 1. The molecule has 3 aliphatic rings. The third kappa shape index (κ3) is 2.35. The zero-order valence-corrected chi connectivity index (χ0v) is 13.3. The van der Waals surface area contributed by atoms with Gasteiger partial charge >= 0.3 is 0 Å². The van der Waals surface area contributed by atoms with Crippen molar-refractivity contribution in [1.82, 2.24) is 0 Å². The number of anilines is 1. The highest BCUT2D eigenvalue weighted by molar-refractivity contribution is 5.96. The predicted octanol–water partition coefficient (Wildman–Crippen LogP) is 3.81. The topological polar surface area (TPSA) is 45.0 Å². The van der Waals surface area contributed by atoms with E-state index in [2.05, 4.69) is 34.3 Å². The van der Waals surface area contributed by atoms with Gasteiger partial charge in [0, 0.05) is 43.3 Å². The third-order valence-electron chi connectivity index (χ3n) is 5.63. The Kier molecular flexibility index (Phi) is 3.26. The number of hydrogen-bond donors (Lipinski definition) is 0. The van der Waals surface area contributed by atoms with Crippen molar-refractivity contribution in [3.05, 3.63) is 29.8 Å². The number of carbonyl (C=O) groups excluding carboxylic acids is 1. The average molecular weight is 307 g/mol. The minimum Gasteiger partial charge on any atom is -0.311 e. The Morgan fingerprint density at radius 3 is 2.70 bits per heavy atom. The third-order valence-corrected chi connectivity index (χ3v) is 5.63. The van der Waals surface area contributed by atoms with Crippen LogP contribution in [0.5, 0.6) is 0 Å². The molecule has 1 aliphatic carbocycles. The van der Waals surface area contributed by atoms with Crippen LogP contribution < -0.4 is 4.90 Å². The fourth-order valence-electron chi connectivity index (χ4n) is 3.99. The highest BCUT2D eigenvalue weighted by atomic mass is 16.2. The predicted molar refractivity (Wildman–Crippen MR) is 89.2 cm³/mol. The largest absolute Gasteiger partial charge is 0.311 e. The standard InChI is InChI=1S/C19H21N3O/c1-2-3-12-19(20-21-19)13-9-17(23)22-14-18(10-6-11-18)15-7-4-5-8-16(15)22/h1,4-5,7-8H,3,6,9-14H2. The molecule has 4 heteroatoms. The first kappa shape index (κ1) is 14.4. The minimum atomic E-state index is -0.366. The number of benzene rings is 1. The van der Waals surface area contributed by atoms with E-state index in [-0.39, 0.29) is 17.0 Å². The Morgan fingerprint density at radius 1 is 1.26 bits per heavy atom. The van der Waals surface area contributed by atoms with Gasteiger partial charge in [-0.15, -0.1) is 12.3 Å². The van der Waals surface area contributed by atoms with Gasteiger partial charge < -0.3 is 4.90 Å². The molecule has 0 radical (unpaired) electrons. The molecular weight excluding hydrogens is 286 g/mol. The molecule has 23 heavy (non-hydrogen) atoms. The molecule has 1 aromatic carbocycles. The van der Waals surface area contributed by atoms with E-state index in [1.165, 1.54) is 24.8 Å². The molecule has 0 atom stereocenters. The summed E-state index contributed by atoms with van der Waals surface area (Å²) < 4.78 is 0. The molecule has 118 valence electrons. The Morgan fingerprint density at radius 2 is 2.04 bits per heavy atom. The molecule has 2 aliphatic heterocycles. The molecular formula is C19H21N3O. The lowest BCUT2D eigenvalue weighted by molar-refractivity contribution is -0.119. The highest BCUT2D eigenvalue weighted by Crippen LogP contribution is 2.52. The van der Waals surface area contributed by atoms with Crippen molar-refractivity contribution in [2.24, 2.45) is 10.2 Å². The molecule has 1 fully saturated rings. The summed E-state index contributed by atoms with van der Waals surface area (Å²) in [7, 11) is 0. The van der Waals surface area contributed by atoms with E-state index < -0.39 is 0 Å². The maximum Gasteiger partial charge on any atom is 0.227 e. The lowest BCUT2D eigenvalue weighted by Gasteiger charge is -2.39. The molecule has 0 saturated heterocycles. The lowest BCUT2D eigenvalue weighted by Crippen LogP contribution is -2.41. The second kappa shape index (κ2) is 5.19. The first-order valence-corrected chi connectivity index (χ1v) is 8.46. The Hall–Kier alpha value is -2.15. The number of terminal acetylenes is 1. The number of carbonyl (C=O) groups is 1. The van der Waals surface area contributed by atoms with Gasteiger partial charge in [0.15, 0.2) is 5.66 Å². The number of rotatable bonds is 5. The van der Waals surface area contributed by atoms with E-state index in [4.69, 9.17) is 6.42 Å². The van der Waals surface area contributed by atoms with E-state index in [1.807, 2.05) is 11.0 Å². The van der Waals surface area contributed by atoms with Crippen LogP contribution in [0.4, 0.5) is 5.69 Å². The van der Waals surface area contributed by atoms with E-state index >= 15 is 0 Å². The van der Waals surface area contributed by atoms with Gasteiger partial charge in [-0.3, -0.25) is 4.79 Å². The summed E-state index contributed by atoms with van der Waals surface area (Å²) in [6, 6.07) is 8.39. The van der Waals surface area contributed by atoms with Crippen LogP contribution in [0, 0.1) is 12.3 Å². The maximum atomic E-state index is 12.8. The second-order valence-electron chi connectivity index (χ2n) is 7.02. The summed E-state index contributed by atoms with van der Waals surface area (Å²) >= 11 is 0. The van der Waals surface area contributed by atoms with Gasteiger partial charge in [-0.2, -0.15) is 10.2 Å². The Labute approximate surface area is 137 Å². The van der Waals surface area contributed by atoms with Crippen LogP contribution in [0.2, 0.25) is 0 Å². The first-order valence-electron chi connectivity index (χ1n) is 8.46. The lowest BCUT2D eigenvalue weighted by atomic mass is 9.66. The zero-order valence-electron chi connectivity index (χ0n) is 13.3. The number of amides is 1. The van der Waals surface area contributed by atoms with E-state index in [0.29, 0.717) is 19.3 Å². The van der Waals surface area contributed by atoms with Crippen LogP contribution in [0.25, 0.3) is 0 Å². The van der Waals surface area contributed by atoms with Crippen LogP contribution in [0.3, 0.4) is 0 Å². The molecule has 1 saturated carbocycles. The Balaban J connectivity index is 1.45. The second-order valence-corrected chi connectivity index (χ2v) is 7.02. The summed E-state index contributed by atoms with van der Waals surface area (Å²) in [6.45, 7) is 0.844. The van der Waals surface area contributed by atoms with Gasteiger partial charge in [-0.25, -0.2) is 0 Å². The molecule has 4 nitrogen and oxygen atoms in total. The van der Waals surface area contributed by atoms with Crippen molar-refractivity contribution in [3.63, 3.8) is 0 Å².